The molecule has 0 saturated carbocycles. The van der Waals surface area contributed by atoms with Gasteiger partial charge in [0.2, 0.25) is 0 Å². The van der Waals surface area contributed by atoms with Crippen molar-refractivity contribution in [3.05, 3.63) is 11.6 Å². The maximum absolute atomic E-state index is 10.1. The van der Waals surface area contributed by atoms with Gasteiger partial charge in [-0.1, -0.05) is 67.4 Å². The fourth-order valence-electron chi connectivity index (χ4n) is 3.31. The third-order valence-electron chi connectivity index (χ3n) is 7.40. The average Bonchev–Trinajstić information content (AvgIpc) is 2.51. The normalized spacial score (nSPS) is 25.0. The summed E-state index contributed by atoms with van der Waals surface area (Å²) in [6, 6.07) is 0. The number of hydrogen-bond donors (Lipinski definition) is 1. The summed E-state index contributed by atoms with van der Waals surface area (Å²) in [4.78, 5) is 0. The molecule has 0 aromatic rings. The topological polar surface area (TPSA) is 38.7 Å². The van der Waals surface area contributed by atoms with E-state index in [0.717, 1.165) is 18.4 Å². The van der Waals surface area contributed by atoms with Gasteiger partial charge in [-0.05, 0) is 54.7 Å². The van der Waals surface area contributed by atoms with Crippen molar-refractivity contribution in [2.75, 3.05) is 6.61 Å². The molecule has 1 aliphatic rings. The van der Waals surface area contributed by atoms with Crippen LogP contribution in [0.3, 0.4) is 0 Å². The molecule has 28 heavy (non-hydrogen) atoms. The monoisotopic (exact) mass is 428 g/mol. The van der Waals surface area contributed by atoms with Crippen molar-refractivity contribution < 1.29 is 14.0 Å². The lowest BCUT2D eigenvalue weighted by atomic mass is 9.81. The number of hydrogen-bond acceptors (Lipinski definition) is 3. The first kappa shape index (κ1) is 26.1. The second kappa shape index (κ2) is 9.46. The molecule has 166 valence electrons. The average molecular weight is 429 g/mol. The van der Waals surface area contributed by atoms with Crippen LogP contribution in [0.5, 0.6) is 0 Å². The summed E-state index contributed by atoms with van der Waals surface area (Å²) in [6.07, 6.45) is 6.74. The van der Waals surface area contributed by atoms with Gasteiger partial charge in [0, 0.05) is 5.92 Å². The molecule has 3 nitrogen and oxygen atoms in total. The fraction of sp³-hybridized carbons (Fsp3) is 0.913. The van der Waals surface area contributed by atoms with Crippen molar-refractivity contribution in [1.82, 2.24) is 0 Å². The van der Waals surface area contributed by atoms with E-state index >= 15 is 0 Å². The van der Waals surface area contributed by atoms with Crippen molar-refractivity contribution in [2.24, 2.45) is 5.92 Å². The van der Waals surface area contributed by atoms with E-state index in [-0.39, 0.29) is 28.9 Å². The summed E-state index contributed by atoms with van der Waals surface area (Å²) in [5.74, 6) is 0.329. The molecular weight excluding hydrogens is 380 g/mol. The minimum Gasteiger partial charge on any atom is -0.413 e. The van der Waals surface area contributed by atoms with Crippen molar-refractivity contribution in [3.8, 4) is 0 Å². The van der Waals surface area contributed by atoms with Crippen molar-refractivity contribution in [2.45, 2.75) is 123 Å². The minimum absolute atomic E-state index is 0.0130. The molecule has 0 saturated heterocycles. The van der Waals surface area contributed by atoms with Crippen LogP contribution in [-0.2, 0) is 8.85 Å². The Labute approximate surface area is 177 Å². The van der Waals surface area contributed by atoms with Crippen molar-refractivity contribution >= 4 is 16.6 Å². The Bertz CT molecular complexity index is 527. The van der Waals surface area contributed by atoms with Gasteiger partial charge in [-0.2, -0.15) is 0 Å². The Morgan fingerprint density at radius 1 is 0.964 bits per heavy atom. The lowest BCUT2D eigenvalue weighted by molar-refractivity contribution is 0.0238. The van der Waals surface area contributed by atoms with Gasteiger partial charge in [0.1, 0.15) is 0 Å². The Morgan fingerprint density at radius 2 is 1.46 bits per heavy atom. The van der Waals surface area contributed by atoms with Gasteiger partial charge >= 0.3 is 0 Å². The van der Waals surface area contributed by atoms with Gasteiger partial charge < -0.3 is 14.0 Å². The quantitative estimate of drug-likeness (QED) is 0.337. The highest BCUT2D eigenvalue weighted by Crippen LogP contribution is 2.44. The van der Waals surface area contributed by atoms with E-state index in [2.05, 4.69) is 80.7 Å². The molecule has 1 N–H and O–H groups in total. The second-order valence-corrected chi connectivity index (χ2v) is 21.2. The van der Waals surface area contributed by atoms with E-state index in [0.29, 0.717) is 5.92 Å². The fourth-order valence-corrected chi connectivity index (χ4v) is 6.00. The molecule has 5 heteroatoms. The van der Waals surface area contributed by atoms with Crippen LogP contribution in [0.4, 0.5) is 0 Å². The van der Waals surface area contributed by atoms with Crippen molar-refractivity contribution in [3.63, 3.8) is 0 Å². The first-order chi connectivity index (χ1) is 12.6. The standard InChI is InChI=1S/C23H48O3Si2/c1-12-13-14-19-20(25-27(8,9)22(2,3)4)16-15-18(17-24)21(19)26-28(10,11)23(5,6)7/h15,19-21,24H,12-14,16-17H2,1-11H3/t19-,20-,21+/m0/s1. The highest BCUT2D eigenvalue weighted by atomic mass is 28.4. The molecule has 1 aliphatic carbocycles. The van der Waals surface area contributed by atoms with Gasteiger partial charge in [0.15, 0.2) is 16.6 Å². The van der Waals surface area contributed by atoms with Crippen molar-refractivity contribution in [1.29, 1.82) is 0 Å². The van der Waals surface area contributed by atoms with Crippen LogP contribution in [0.1, 0.15) is 74.1 Å². The first-order valence-corrected chi connectivity index (χ1v) is 17.0. The van der Waals surface area contributed by atoms with Gasteiger partial charge in [0.05, 0.1) is 18.8 Å². The Kier molecular flexibility index (Phi) is 8.82. The molecule has 0 aromatic carbocycles. The minimum atomic E-state index is -1.95. The maximum Gasteiger partial charge on any atom is 0.192 e. The van der Waals surface area contributed by atoms with Crippen LogP contribution in [0.2, 0.25) is 36.3 Å². The van der Waals surface area contributed by atoms with Gasteiger partial charge in [-0.25, -0.2) is 0 Å². The van der Waals surface area contributed by atoms with E-state index in [1.807, 2.05) is 0 Å². The number of aliphatic hydroxyl groups is 1. The Morgan fingerprint density at radius 3 is 1.89 bits per heavy atom. The zero-order chi connectivity index (χ0) is 22.0. The van der Waals surface area contributed by atoms with Crippen LogP contribution in [0.25, 0.3) is 0 Å². The highest BCUT2D eigenvalue weighted by molar-refractivity contribution is 6.74. The zero-order valence-electron chi connectivity index (χ0n) is 20.6. The maximum atomic E-state index is 10.1. The summed E-state index contributed by atoms with van der Waals surface area (Å²) < 4.78 is 13.9. The van der Waals surface area contributed by atoms with E-state index in [1.165, 1.54) is 12.8 Å². The van der Waals surface area contributed by atoms with E-state index in [9.17, 15) is 5.11 Å². The van der Waals surface area contributed by atoms with Crippen LogP contribution in [0.15, 0.2) is 11.6 Å². The molecule has 0 spiro atoms. The molecule has 0 unspecified atom stereocenters. The van der Waals surface area contributed by atoms with Crippen LogP contribution in [-0.4, -0.2) is 40.6 Å². The van der Waals surface area contributed by atoms with Gasteiger partial charge in [-0.3, -0.25) is 0 Å². The molecule has 0 radical (unpaired) electrons. The third-order valence-corrected chi connectivity index (χ3v) is 16.4. The molecule has 3 atom stereocenters. The van der Waals surface area contributed by atoms with Gasteiger partial charge in [0.25, 0.3) is 0 Å². The predicted molar refractivity (Wildman–Crippen MR) is 127 cm³/mol. The molecule has 0 amide bonds. The summed E-state index contributed by atoms with van der Waals surface area (Å²) in [5.41, 5.74) is 1.07. The predicted octanol–water partition coefficient (Wildman–Crippen LogP) is 6.90. The molecule has 0 aromatic heterocycles. The molecule has 1 rings (SSSR count). The summed E-state index contributed by atoms with van der Waals surface area (Å²) in [7, 11) is -3.82. The summed E-state index contributed by atoms with van der Waals surface area (Å²) in [5, 5.41) is 10.4. The SMILES string of the molecule is CCCC[C@H]1[C@@H](O[Si](C)(C)C(C)(C)C)CC=C(CO)[C@H]1O[Si](C)(C)C(C)(C)C. The second-order valence-electron chi connectivity index (χ2n) is 11.7. The summed E-state index contributed by atoms with van der Waals surface area (Å²) in [6.45, 7) is 25.4. The van der Waals surface area contributed by atoms with Crippen LogP contribution < -0.4 is 0 Å². The van der Waals surface area contributed by atoms with Gasteiger partial charge in [-0.15, -0.1) is 0 Å². The number of unbranched alkanes of at least 4 members (excludes halogenated alkanes) is 1. The van der Waals surface area contributed by atoms with E-state index in [4.69, 9.17) is 8.85 Å². The Balaban J connectivity index is 3.25. The molecular formula is C23H48O3Si2. The lowest BCUT2D eigenvalue weighted by Crippen LogP contribution is -2.53. The van der Waals surface area contributed by atoms with Crippen LogP contribution in [0, 0.1) is 5.92 Å². The number of rotatable bonds is 8. The first-order valence-electron chi connectivity index (χ1n) is 11.2. The van der Waals surface area contributed by atoms with E-state index < -0.39 is 16.6 Å². The van der Waals surface area contributed by atoms with Crippen LogP contribution >= 0.6 is 0 Å². The summed E-state index contributed by atoms with van der Waals surface area (Å²) >= 11 is 0. The smallest absolute Gasteiger partial charge is 0.192 e. The highest BCUT2D eigenvalue weighted by Gasteiger charge is 2.47. The molecule has 0 fully saturated rings. The lowest BCUT2D eigenvalue weighted by Gasteiger charge is -2.48. The molecule has 0 bridgehead atoms. The number of aliphatic hydroxyl groups excluding tert-OH is 1. The molecule has 0 heterocycles. The third kappa shape index (κ3) is 6.27. The zero-order valence-corrected chi connectivity index (χ0v) is 22.6. The largest absolute Gasteiger partial charge is 0.413 e. The Hall–Kier alpha value is 0.0538. The van der Waals surface area contributed by atoms with E-state index in [1.54, 1.807) is 0 Å². The molecule has 0 aliphatic heterocycles.